The van der Waals surface area contributed by atoms with E-state index in [1.165, 1.54) is 34.0 Å². The van der Waals surface area contributed by atoms with Crippen molar-refractivity contribution in [2.45, 2.75) is 53.1 Å². The summed E-state index contributed by atoms with van der Waals surface area (Å²) in [6.07, 6.45) is 0. The van der Waals surface area contributed by atoms with E-state index >= 15 is 0 Å². The molecule has 5 atom stereocenters. The lowest BCUT2D eigenvalue weighted by Crippen LogP contribution is -2.48. The third kappa shape index (κ3) is 9.66. The monoisotopic (exact) mass is 691 g/mol. The molecule has 0 saturated carbocycles. The van der Waals surface area contributed by atoms with Crippen LogP contribution in [0.2, 0.25) is 0 Å². The molecule has 0 bridgehead atoms. The van der Waals surface area contributed by atoms with E-state index in [9.17, 15) is 0 Å². The molecule has 5 rings (SSSR count). The molecule has 234 valence electrons. The molecule has 4 aromatic rings. The number of guanidine groups is 2. The number of alkyl halides is 1. The Bertz CT molecular complexity index is 1500. The van der Waals surface area contributed by atoms with Crippen LogP contribution in [0.1, 0.15) is 70.9 Å². The molecule has 45 heavy (non-hydrogen) atoms. The van der Waals surface area contributed by atoms with Crippen LogP contribution >= 0.6 is 59.2 Å². The van der Waals surface area contributed by atoms with E-state index in [1.807, 2.05) is 36.4 Å². The maximum absolute atomic E-state index is 7.35. The van der Waals surface area contributed by atoms with E-state index < -0.39 is 4.45 Å². The normalized spacial score (nSPS) is 18.9. The SMILES string of the molecule is CC(SNC1=NC(Cl)(SC(C)c2ccccc2)N=C(N(SC(C)c2ccccc2)SC(C)c2ccccc2)N1)c1ccccc1. The van der Waals surface area contributed by atoms with Crippen molar-refractivity contribution in [3.63, 3.8) is 0 Å². The predicted molar refractivity (Wildman–Crippen MR) is 201 cm³/mol. The largest absolute Gasteiger partial charge is 0.299 e. The standard InChI is InChI=1S/C35H38ClN5S4/c1-25(29-17-9-5-10-18-29)42-35(36)38-33(40-43-26(2)30-19-11-6-12-20-30)37-34(39-35)41(44-27(3)31-21-13-7-14-22-31)45-28(4)32-23-15-8-16-24-32/h5-28H,1-4H3,(H2,37,38,39,40). The molecule has 1 aliphatic heterocycles. The van der Waals surface area contributed by atoms with Crippen molar-refractivity contribution < 1.29 is 0 Å². The van der Waals surface area contributed by atoms with Crippen LogP contribution in [0.25, 0.3) is 0 Å². The Morgan fingerprint density at radius 3 is 1.44 bits per heavy atom. The summed E-state index contributed by atoms with van der Waals surface area (Å²) in [7, 11) is 0. The maximum atomic E-state index is 7.35. The second-order valence-electron chi connectivity index (χ2n) is 10.6. The first-order valence-corrected chi connectivity index (χ1v) is 18.7. The van der Waals surface area contributed by atoms with Gasteiger partial charge in [-0.05, 0) is 85.8 Å². The molecule has 0 saturated heterocycles. The number of thioether (sulfide) groups is 1. The highest BCUT2D eigenvalue weighted by Gasteiger charge is 2.37. The fraction of sp³-hybridized carbons (Fsp3) is 0.257. The Balaban J connectivity index is 1.45. The summed E-state index contributed by atoms with van der Waals surface area (Å²) < 4.78 is 4.37. The van der Waals surface area contributed by atoms with Crippen molar-refractivity contribution >= 4 is 71.1 Å². The molecular formula is C35H38ClN5S4. The topological polar surface area (TPSA) is 52.0 Å². The summed E-state index contributed by atoms with van der Waals surface area (Å²) in [6.45, 7) is 8.75. The molecule has 5 unspecified atom stereocenters. The van der Waals surface area contributed by atoms with E-state index in [2.05, 4.69) is 126 Å². The zero-order valence-corrected chi connectivity index (χ0v) is 29.7. The Kier molecular flexibility index (Phi) is 12.1. The number of nitrogens with one attached hydrogen (secondary N) is 2. The van der Waals surface area contributed by atoms with E-state index in [1.54, 1.807) is 35.8 Å². The Morgan fingerprint density at radius 1 is 0.600 bits per heavy atom. The smallest absolute Gasteiger partial charge is 0.282 e. The molecule has 1 aliphatic rings. The van der Waals surface area contributed by atoms with Crippen molar-refractivity contribution in [3.05, 3.63) is 144 Å². The number of aliphatic imine (C=N–C) groups is 2. The third-order valence-electron chi connectivity index (χ3n) is 7.14. The Morgan fingerprint density at radius 2 is 1.00 bits per heavy atom. The summed E-state index contributed by atoms with van der Waals surface area (Å²) in [5.74, 6) is 1.21. The number of hydrogen-bond acceptors (Lipinski definition) is 9. The van der Waals surface area contributed by atoms with E-state index in [0.29, 0.717) is 11.9 Å². The summed E-state index contributed by atoms with van der Waals surface area (Å²) >= 11 is 13.9. The first-order chi connectivity index (χ1) is 21.8. The van der Waals surface area contributed by atoms with Gasteiger partial charge in [0, 0.05) is 21.0 Å². The molecule has 0 fully saturated rings. The van der Waals surface area contributed by atoms with Gasteiger partial charge in [0.05, 0.1) is 0 Å². The highest BCUT2D eigenvalue weighted by Crippen LogP contribution is 2.47. The van der Waals surface area contributed by atoms with Gasteiger partial charge in [0.25, 0.3) is 4.45 Å². The summed E-state index contributed by atoms with van der Waals surface area (Å²) in [5, 5.41) is 4.07. The highest BCUT2D eigenvalue weighted by molar-refractivity contribution is 8.13. The summed E-state index contributed by atoms with van der Waals surface area (Å²) in [5.41, 5.74) is 4.87. The van der Waals surface area contributed by atoms with Gasteiger partial charge in [-0.3, -0.25) is 10.0 Å². The predicted octanol–water partition coefficient (Wildman–Crippen LogP) is 10.8. The van der Waals surface area contributed by atoms with Crippen LogP contribution in [0, 0.1) is 0 Å². The Labute approximate surface area is 289 Å². The van der Waals surface area contributed by atoms with Crippen molar-refractivity contribution in [1.29, 1.82) is 0 Å². The zero-order valence-electron chi connectivity index (χ0n) is 25.7. The molecule has 10 heteroatoms. The van der Waals surface area contributed by atoms with Gasteiger partial charge in [-0.1, -0.05) is 145 Å². The first-order valence-electron chi connectivity index (χ1n) is 14.9. The minimum atomic E-state index is -1.28. The fourth-order valence-corrected chi connectivity index (χ4v) is 9.33. The van der Waals surface area contributed by atoms with Gasteiger partial charge in [0.15, 0.2) is 0 Å². The summed E-state index contributed by atoms with van der Waals surface area (Å²) in [4.78, 5) is 10.0. The van der Waals surface area contributed by atoms with Gasteiger partial charge >= 0.3 is 0 Å². The number of benzene rings is 4. The summed E-state index contributed by atoms with van der Waals surface area (Å²) in [6, 6.07) is 41.9. The van der Waals surface area contributed by atoms with Gasteiger partial charge < -0.3 is 0 Å². The van der Waals surface area contributed by atoms with Crippen molar-refractivity contribution in [1.82, 2.24) is 13.7 Å². The maximum Gasteiger partial charge on any atom is 0.282 e. The molecule has 0 spiro atoms. The number of nitrogens with zero attached hydrogens (tertiary/aromatic N) is 3. The first kappa shape index (κ1) is 33.7. The van der Waals surface area contributed by atoms with Crippen LogP contribution in [-0.2, 0) is 0 Å². The zero-order chi connectivity index (χ0) is 31.6. The fourth-order valence-electron chi connectivity index (χ4n) is 4.58. The number of hydrogen-bond donors (Lipinski definition) is 2. The van der Waals surface area contributed by atoms with E-state index in [-0.39, 0.29) is 21.0 Å². The molecular weight excluding hydrogens is 654 g/mol. The average molecular weight is 692 g/mol. The molecule has 5 nitrogen and oxygen atoms in total. The number of halogens is 1. The molecule has 2 N–H and O–H groups in total. The molecule has 1 heterocycles. The lowest BCUT2D eigenvalue weighted by atomic mass is 10.2. The van der Waals surface area contributed by atoms with Crippen molar-refractivity contribution in [3.8, 4) is 0 Å². The molecule has 0 aromatic heterocycles. The van der Waals surface area contributed by atoms with Gasteiger partial charge in [-0.2, -0.15) is 9.98 Å². The van der Waals surface area contributed by atoms with Crippen molar-refractivity contribution in [2.75, 3.05) is 0 Å². The molecule has 0 amide bonds. The minimum absolute atomic E-state index is 0.0629. The molecule has 0 radical (unpaired) electrons. The quantitative estimate of drug-likeness (QED) is 0.0871. The second kappa shape index (κ2) is 16.2. The number of rotatable bonds is 12. The molecule has 4 aromatic carbocycles. The third-order valence-corrected chi connectivity index (χ3v) is 12.0. The van der Waals surface area contributed by atoms with Crippen LogP contribution in [0.3, 0.4) is 0 Å². The molecule has 0 aliphatic carbocycles. The van der Waals surface area contributed by atoms with E-state index in [4.69, 9.17) is 21.6 Å². The van der Waals surface area contributed by atoms with Crippen LogP contribution in [-0.4, -0.2) is 20.1 Å². The van der Waals surface area contributed by atoms with Crippen LogP contribution < -0.4 is 10.0 Å². The van der Waals surface area contributed by atoms with Crippen LogP contribution in [0.4, 0.5) is 0 Å². The van der Waals surface area contributed by atoms with Gasteiger partial charge in [0.1, 0.15) is 0 Å². The van der Waals surface area contributed by atoms with Crippen LogP contribution in [0.5, 0.6) is 0 Å². The highest BCUT2D eigenvalue weighted by atomic mass is 35.5. The lowest BCUT2D eigenvalue weighted by molar-refractivity contribution is 0.806. The van der Waals surface area contributed by atoms with Crippen molar-refractivity contribution in [2.24, 2.45) is 9.98 Å². The van der Waals surface area contributed by atoms with Gasteiger partial charge in [-0.15, -0.1) is 0 Å². The minimum Gasteiger partial charge on any atom is -0.299 e. The van der Waals surface area contributed by atoms with Gasteiger partial charge in [0.2, 0.25) is 11.9 Å². The lowest BCUT2D eigenvalue weighted by Gasteiger charge is -2.34. The average Bonchev–Trinajstić information content (AvgIpc) is 3.08. The van der Waals surface area contributed by atoms with Gasteiger partial charge in [-0.25, -0.2) is 3.71 Å². The van der Waals surface area contributed by atoms with E-state index in [0.717, 1.165) is 0 Å². The van der Waals surface area contributed by atoms with Crippen LogP contribution in [0.15, 0.2) is 131 Å². The Hall–Kier alpha value is -2.69. The second-order valence-corrected chi connectivity index (χ2v) is 16.8.